The van der Waals surface area contributed by atoms with E-state index < -0.39 is 52.0 Å². The summed E-state index contributed by atoms with van der Waals surface area (Å²) < 4.78 is 14.4. The lowest BCUT2D eigenvalue weighted by molar-refractivity contribution is -0.184. The van der Waals surface area contributed by atoms with Crippen LogP contribution in [0, 0.1) is 33.9 Å². The van der Waals surface area contributed by atoms with E-state index in [2.05, 4.69) is 4.98 Å². The van der Waals surface area contributed by atoms with Crippen LogP contribution in [0.3, 0.4) is 0 Å². The van der Waals surface area contributed by atoms with E-state index in [-0.39, 0.29) is 18.1 Å². The summed E-state index contributed by atoms with van der Waals surface area (Å²) in [7, 11) is 0. The Kier molecular flexibility index (Phi) is 7.25. The number of aromatic nitrogens is 1. The average Bonchev–Trinajstić information content (AvgIpc) is 2.61. The van der Waals surface area contributed by atoms with Gasteiger partial charge in [0.1, 0.15) is 0 Å². The number of rotatable bonds is 4. The Morgan fingerprint density at radius 1 is 1.22 bits per heavy atom. The van der Waals surface area contributed by atoms with Crippen molar-refractivity contribution in [2.75, 3.05) is 6.54 Å². The molecule has 4 atom stereocenters. The molecule has 2 unspecified atom stereocenters. The SMILES string of the molecule is CCc1cc(C[C@@]2(C(=O)O)C(C(C)(C)C)CN(C(=O)O)[C@H](C)C2C(C)(C)C)nc(Cl)c1F. The van der Waals surface area contributed by atoms with Gasteiger partial charge in [0.25, 0.3) is 0 Å². The maximum Gasteiger partial charge on any atom is 0.407 e. The zero-order valence-electron chi connectivity index (χ0n) is 20.3. The third-order valence-corrected chi connectivity index (χ3v) is 7.30. The third kappa shape index (κ3) is 4.59. The summed E-state index contributed by atoms with van der Waals surface area (Å²) in [4.78, 5) is 30.9. The molecule has 0 aliphatic carbocycles. The summed E-state index contributed by atoms with van der Waals surface area (Å²) in [6.45, 7) is 15.3. The topological polar surface area (TPSA) is 90.7 Å². The van der Waals surface area contributed by atoms with Crippen molar-refractivity contribution in [1.82, 2.24) is 9.88 Å². The molecule has 1 aromatic heterocycles. The molecular formula is C24H36ClFN2O4. The van der Waals surface area contributed by atoms with Crippen LogP contribution >= 0.6 is 11.6 Å². The van der Waals surface area contributed by atoms with E-state index in [0.29, 0.717) is 17.7 Å². The lowest BCUT2D eigenvalue weighted by Gasteiger charge is -2.60. The summed E-state index contributed by atoms with van der Waals surface area (Å²) in [5.74, 6) is -2.62. The highest BCUT2D eigenvalue weighted by Crippen LogP contribution is 2.58. The van der Waals surface area contributed by atoms with Crippen LogP contribution < -0.4 is 0 Å². The second-order valence-corrected chi connectivity index (χ2v) is 11.5. The number of likely N-dealkylation sites (tertiary alicyclic amines) is 1. The van der Waals surface area contributed by atoms with Crippen molar-refractivity contribution in [1.29, 1.82) is 0 Å². The predicted molar refractivity (Wildman–Crippen MR) is 122 cm³/mol. The molecule has 0 saturated carbocycles. The lowest BCUT2D eigenvalue weighted by Crippen LogP contribution is -2.68. The Morgan fingerprint density at radius 3 is 2.19 bits per heavy atom. The summed E-state index contributed by atoms with van der Waals surface area (Å²) >= 11 is 6.07. The van der Waals surface area contributed by atoms with Gasteiger partial charge in [-0.15, -0.1) is 0 Å². The Balaban J connectivity index is 2.85. The average molecular weight is 471 g/mol. The molecule has 1 aliphatic rings. The first-order chi connectivity index (χ1) is 14.5. The van der Waals surface area contributed by atoms with Gasteiger partial charge >= 0.3 is 12.1 Å². The summed E-state index contributed by atoms with van der Waals surface area (Å²) in [5.41, 5.74) is -1.59. The maximum absolute atomic E-state index is 14.4. The van der Waals surface area contributed by atoms with Gasteiger partial charge in [0.05, 0.1) is 5.41 Å². The minimum Gasteiger partial charge on any atom is -0.481 e. The van der Waals surface area contributed by atoms with Gasteiger partial charge in [0.15, 0.2) is 11.0 Å². The molecule has 0 radical (unpaired) electrons. The number of aliphatic carboxylic acids is 1. The van der Waals surface area contributed by atoms with Gasteiger partial charge in [0.2, 0.25) is 0 Å². The summed E-state index contributed by atoms with van der Waals surface area (Å²) in [5, 5.41) is 20.5. The van der Waals surface area contributed by atoms with Crippen molar-refractivity contribution >= 4 is 23.7 Å². The number of piperidine rings is 1. The van der Waals surface area contributed by atoms with Crippen molar-refractivity contribution in [2.45, 2.75) is 74.3 Å². The van der Waals surface area contributed by atoms with Gasteiger partial charge in [-0.2, -0.15) is 0 Å². The number of carboxylic acids is 1. The molecule has 0 aromatic carbocycles. The van der Waals surface area contributed by atoms with Gasteiger partial charge < -0.3 is 15.1 Å². The van der Waals surface area contributed by atoms with E-state index >= 15 is 0 Å². The van der Waals surface area contributed by atoms with E-state index in [9.17, 15) is 24.2 Å². The number of nitrogens with zero attached hydrogens (tertiary/aromatic N) is 2. The molecule has 1 aliphatic heterocycles. The lowest BCUT2D eigenvalue weighted by atomic mass is 9.48. The number of carboxylic acid groups (broad SMARTS) is 2. The minimum absolute atomic E-state index is 0.0387. The van der Waals surface area contributed by atoms with Gasteiger partial charge in [-0.05, 0) is 41.7 Å². The Hall–Kier alpha value is -1.89. The Morgan fingerprint density at radius 2 is 1.78 bits per heavy atom. The highest BCUT2D eigenvalue weighted by atomic mass is 35.5. The van der Waals surface area contributed by atoms with Crippen molar-refractivity contribution in [2.24, 2.45) is 28.1 Å². The van der Waals surface area contributed by atoms with E-state index in [1.54, 1.807) is 19.9 Å². The van der Waals surface area contributed by atoms with Gasteiger partial charge in [-0.25, -0.2) is 14.2 Å². The molecule has 180 valence electrons. The molecule has 1 aromatic rings. The fraction of sp³-hybridized carbons (Fsp3) is 0.708. The number of hydrogen-bond donors (Lipinski definition) is 2. The van der Waals surface area contributed by atoms with Crippen LogP contribution in [0.5, 0.6) is 0 Å². The molecular weight excluding hydrogens is 435 g/mol. The van der Waals surface area contributed by atoms with Crippen molar-refractivity contribution in [3.8, 4) is 0 Å². The molecule has 2 rings (SSSR count). The molecule has 32 heavy (non-hydrogen) atoms. The molecule has 1 fully saturated rings. The largest absolute Gasteiger partial charge is 0.481 e. The second kappa shape index (κ2) is 8.81. The highest BCUT2D eigenvalue weighted by molar-refractivity contribution is 6.29. The second-order valence-electron chi connectivity index (χ2n) is 11.2. The zero-order chi connectivity index (χ0) is 24.8. The molecule has 2 N–H and O–H groups in total. The van der Waals surface area contributed by atoms with Crippen LogP contribution in [0.25, 0.3) is 0 Å². The number of carbonyl (C=O) groups is 2. The van der Waals surface area contributed by atoms with E-state index in [4.69, 9.17) is 11.6 Å². The normalized spacial score (nSPS) is 26.8. The van der Waals surface area contributed by atoms with Gasteiger partial charge in [-0.3, -0.25) is 4.79 Å². The number of halogens is 2. The fourth-order valence-electron chi connectivity index (χ4n) is 5.99. The number of amides is 1. The number of pyridine rings is 1. The smallest absolute Gasteiger partial charge is 0.407 e. The van der Waals surface area contributed by atoms with Crippen molar-refractivity contribution < 1.29 is 24.2 Å². The number of hydrogen-bond acceptors (Lipinski definition) is 3. The molecule has 0 spiro atoms. The van der Waals surface area contributed by atoms with Gasteiger partial charge in [0, 0.05) is 30.6 Å². The quantitative estimate of drug-likeness (QED) is 0.546. The van der Waals surface area contributed by atoms with E-state index in [0.717, 1.165) is 0 Å². The van der Waals surface area contributed by atoms with Gasteiger partial charge in [-0.1, -0.05) is 60.1 Å². The monoisotopic (exact) mass is 470 g/mol. The standard InChI is InChI=1S/C24H36ClFN2O4/c1-9-14-10-15(27-19(25)17(14)26)11-24(20(29)30)16(22(3,4)5)12-28(21(31)32)13(2)18(24)23(6,7)8/h10,13,16,18H,9,11-12H2,1-8H3,(H,29,30)(H,31,32)/t13-,16?,18?,24-/m1/s1. The van der Waals surface area contributed by atoms with Crippen LogP contribution in [0.15, 0.2) is 6.07 Å². The molecule has 6 nitrogen and oxygen atoms in total. The Bertz CT molecular complexity index is 893. The van der Waals surface area contributed by atoms with E-state index in [1.807, 2.05) is 41.5 Å². The molecule has 0 bridgehead atoms. The van der Waals surface area contributed by atoms with Crippen LogP contribution in [0.4, 0.5) is 9.18 Å². The summed E-state index contributed by atoms with van der Waals surface area (Å²) in [6.07, 6.45) is -0.622. The van der Waals surface area contributed by atoms with Crippen LogP contribution in [0.2, 0.25) is 5.15 Å². The highest BCUT2D eigenvalue weighted by Gasteiger charge is 2.64. The first kappa shape index (κ1) is 26.4. The van der Waals surface area contributed by atoms with Crippen molar-refractivity contribution in [3.63, 3.8) is 0 Å². The zero-order valence-corrected chi connectivity index (χ0v) is 21.0. The summed E-state index contributed by atoms with van der Waals surface area (Å²) in [6, 6.07) is 1.06. The van der Waals surface area contributed by atoms with Crippen LogP contribution in [-0.2, 0) is 17.6 Å². The first-order valence-corrected chi connectivity index (χ1v) is 11.4. The molecule has 1 saturated heterocycles. The van der Waals surface area contributed by atoms with Crippen LogP contribution in [0.1, 0.15) is 66.6 Å². The molecule has 8 heteroatoms. The molecule has 2 heterocycles. The van der Waals surface area contributed by atoms with Crippen molar-refractivity contribution in [3.05, 3.63) is 28.3 Å². The Labute approximate surface area is 195 Å². The number of aryl methyl sites for hydroxylation is 1. The van der Waals surface area contributed by atoms with Crippen LogP contribution in [-0.4, -0.2) is 44.7 Å². The fourth-order valence-corrected chi connectivity index (χ4v) is 6.22. The minimum atomic E-state index is -1.33. The maximum atomic E-state index is 14.4. The van der Waals surface area contributed by atoms with E-state index in [1.165, 1.54) is 4.90 Å². The predicted octanol–water partition coefficient (Wildman–Crippen LogP) is 5.76. The third-order valence-electron chi connectivity index (χ3n) is 7.05. The first-order valence-electron chi connectivity index (χ1n) is 11.0. The molecule has 1 amide bonds.